The Morgan fingerprint density at radius 2 is 0.675 bits per heavy atom. The van der Waals surface area contributed by atoms with Gasteiger partial charge in [-0.25, -0.2) is 4.57 Å². The van der Waals surface area contributed by atoms with Gasteiger partial charge in [0.2, 0.25) is 0 Å². The summed E-state index contributed by atoms with van der Waals surface area (Å²) in [6.07, 6.45) is 86.8. The van der Waals surface area contributed by atoms with Gasteiger partial charge < -0.3 is 18.9 Å². The Morgan fingerprint density at radius 3 is 1.00 bits per heavy atom. The highest BCUT2D eigenvalue weighted by Crippen LogP contribution is 2.43. The van der Waals surface area contributed by atoms with Gasteiger partial charge in [-0.3, -0.25) is 18.6 Å². The van der Waals surface area contributed by atoms with Crippen molar-refractivity contribution in [2.45, 2.75) is 251 Å². The predicted octanol–water partition coefficient (Wildman–Crippen LogP) is 20.5. The molecule has 0 heterocycles. The first-order valence-electron chi connectivity index (χ1n) is 31.9. The van der Waals surface area contributed by atoms with Crippen molar-refractivity contribution in [3.8, 4) is 0 Å². The third kappa shape index (κ3) is 63.3. The van der Waals surface area contributed by atoms with Crippen molar-refractivity contribution < 1.29 is 42.1 Å². The molecule has 1 N–H and O–H groups in total. The zero-order valence-corrected chi connectivity index (χ0v) is 52.7. The Balaban J connectivity index is 4.11. The van der Waals surface area contributed by atoms with Crippen LogP contribution in [0.3, 0.4) is 0 Å². The van der Waals surface area contributed by atoms with Crippen LogP contribution in [-0.4, -0.2) is 74.9 Å². The minimum atomic E-state index is -4.40. The Hall–Kier alpha value is -3.85. The van der Waals surface area contributed by atoms with Crippen LogP contribution in [0.5, 0.6) is 0 Å². The SMILES string of the molecule is CC/C=C\C/C=C\C/C=C\C/C=C\C/C=C\C/C=C\CCCCCCCCCCCCCCCCCCC(=O)OC(COC(=O)CCCCCCC/C=C\C/C=C\C/C=C\C/C=C\C/C=C\CC)COP(=O)(O)OCC[N+](C)(C)C. The lowest BCUT2D eigenvalue weighted by molar-refractivity contribution is -0.870. The van der Waals surface area contributed by atoms with Crippen molar-refractivity contribution >= 4 is 19.8 Å². The molecule has 0 rings (SSSR count). The number of esters is 2. The van der Waals surface area contributed by atoms with E-state index in [2.05, 4.69) is 148 Å². The Bertz CT molecular complexity index is 1810. The third-order valence-electron chi connectivity index (χ3n) is 13.2. The lowest BCUT2D eigenvalue weighted by Gasteiger charge is -2.24. The first-order chi connectivity index (χ1) is 39.0. The van der Waals surface area contributed by atoms with Gasteiger partial charge in [-0.05, 0) is 109 Å². The summed E-state index contributed by atoms with van der Waals surface area (Å²) in [5.74, 6) is -0.823. The summed E-state index contributed by atoms with van der Waals surface area (Å²) < 4.78 is 34.6. The second kappa shape index (κ2) is 59.8. The van der Waals surface area contributed by atoms with Gasteiger partial charge in [0.15, 0.2) is 6.10 Å². The van der Waals surface area contributed by atoms with Crippen LogP contribution in [0.15, 0.2) is 134 Å². The maximum absolute atomic E-state index is 12.9. The molecule has 0 aliphatic carbocycles. The number of carbonyl (C=O) groups excluding carboxylic acids is 2. The van der Waals surface area contributed by atoms with E-state index in [4.69, 9.17) is 18.5 Å². The highest BCUT2D eigenvalue weighted by molar-refractivity contribution is 7.47. The van der Waals surface area contributed by atoms with E-state index in [-0.39, 0.29) is 32.0 Å². The average molecular weight is 1130 g/mol. The van der Waals surface area contributed by atoms with Crippen LogP contribution in [0, 0.1) is 0 Å². The second-order valence-electron chi connectivity index (χ2n) is 22.0. The molecule has 0 radical (unpaired) electrons. The number of phosphoric acid groups is 1. The topological polar surface area (TPSA) is 108 Å². The number of carbonyl (C=O) groups is 2. The number of quaternary nitrogens is 1. The van der Waals surface area contributed by atoms with Gasteiger partial charge in [-0.15, -0.1) is 0 Å². The molecule has 0 aromatic heterocycles. The van der Waals surface area contributed by atoms with Crippen molar-refractivity contribution in [3.63, 3.8) is 0 Å². The lowest BCUT2D eigenvalue weighted by Crippen LogP contribution is -2.37. The number of nitrogens with zero attached hydrogens (tertiary/aromatic N) is 1. The maximum atomic E-state index is 12.9. The quantitative estimate of drug-likeness (QED) is 0.0211. The molecule has 0 spiro atoms. The highest BCUT2D eigenvalue weighted by atomic mass is 31.2. The number of rotatable bonds is 57. The number of hydrogen-bond donors (Lipinski definition) is 1. The first-order valence-corrected chi connectivity index (χ1v) is 33.4. The molecule has 10 heteroatoms. The fraction of sp³-hybridized carbons (Fsp3) is 0.657. The van der Waals surface area contributed by atoms with Crippen molar-refractivity contribution in [2.75, 3.05) is 47.5 Å². The summed E-state index contributed by atoms with van der Waals surface area (Å²) in [5, 5.41) is 0. The molecule has 0 aliphatic heterocycles. The molecule has 0 saturated heterocycles. The van der Waals surface area contributed by atoms with E-state index in [0.717, 1.165) is 122 Å². The predicted molar refractivity (Wildman–Crippen MR) is 344 cm³/mol. The highest BCUT2D eigenvalue weighted by Gasteiger charge is 2.27. The van der Waals surface area contributed by atoms with Crippen LogP contribution in [-0.2, 0) is 32.7 Å². The molecule has 0 saturated carbocycles. The standard InChI is InChI=1S/C70H118NO8P/c1-6-8-10-12-14-16-18-20-22-24-26-28-29-30-31-32-33-34-35-36-37-38-39-40-41-43-45-47-49-51-53-55-57-59-61-63-70(73)79-68(67-78-80(74,75)77-65-64-71(3,4)5)66-76-69(72)62-60-58-56-54-52-50-48-46-44-42-27-25-23-21-19-17-15-13-11-9-7-2/h8-11,14-17,20-23,26-28,30-31,33-34,42,46,48,68H,6-7,12-13,18-19,24-25,29,32,35-41,43-45,47,49-67H2,1-5H3/p+1/b10-8-,11-9-,16-14-,17-15-,22-20-,23-21-,28-26-,31-30-,34-33-,42-27-,48-46-. The molecule has 0 aromatic carbocycles. The number of allylic oxidation sites excluding steroid dienone is 22. The molecule has 0 bridgehead atoms. The van der Waals surface area contributed by atoms with Crippen molar-refractivity contribution in [1.82, 2.24) is 0 Å². The van der Waals surface area contributed by atoms with E-state index in [0.29, 0.717) is 23.9 Å². The first kappa shape index (κ1) is 76.1. The molecule has 0 aromatic rings. The second-order valence-corrected chi connectivity index (χ2v) is 23.5. The van der Waals surface area contributed by atoms with Crippen molar-refractivity contribution in [3.05, 3.63) is 134 Å². The monoisotopic (exact) mass is 1130 g/mol. The van der Waals surface area contributed by atoms with Gasteiger partial charge in [0.05, 0.1) is 27.7 Å². The van der Waals surface area contributed by atoms with Crippen LogP contribution in [0.4, 0.5) is 0 Å². The van der Waals surface area contributed by atoms with Gasteiger partial charge in [-0.2, -0.15) is 0 Å². The molecular formula is C70H119NO8P+. The minimum Gasteiger partial charge on any atom is -0.462 e. The zero-order chi connectivity index (χ0) is 58.4. The molecule has 0 fully saturated rings. The fourth-order valence-corrected chi connectivity index (χ4v) is 9.08. The van der Waals surface area contributed by atoms with Gasteiger partial charge in [0.1, 0.15) is 19.8 Å². The maximum Gasteiger partial charge on any atom is 0.472 e. The molecule has 0 aliphatic rings. The molecular weight excluding hydrogens is 1010 g/mol. The number of hydrogen-bond acceptors (Lipinski definition) is 7. The van der Waals surface area contributed by atoms with Gasteiger partial charge in [0, 0.05) is 12.8 Å². The molecule has 0 amide bonds. The summed E-state index contributed by atoms with van der Waals surface area (Å²) in [5.41, 5.74) is 0. The lowest BCUT2D eigenvalue weighted by atomic mass is 10.0. The van der Waals surface area contributed by atoms with Crippen LogP contribution in [0.2, 0.25) is 0 Å². The van der Waals surface area contributed by atoms with E-state index in [1.54, 1.807) is 0 Å². The third-order valence-corrected chi connectivity index (χ3v) is 14.2. The molecule has 80 heavy (non-hydrogen) atoms. The van der Waals surface area contributed by atoms with Gasteiger partial charge in [0.25, 0.3) is 0 Å². The number of unbranched alkanes of at least 4 members (excludes halogenated alkanes) is 21. The molecule has 456 valence electrons. The van der Waals surface area contributed by atoms with E-state index < -0.39 is 26.5 Å². The van der Waals surface area contributed by atoms with Crippen molar-refractivity contribution in [2.24, 2.45) is 0 Å². The van der Waals surface area contributed by atoms with Crippen LogP contribution >= 0.6 is 7.82 Å². The van der Waals surface area contributed by atoms with E-state index >= 15 is 0 Å². The van der Waals surface area contributed by atoms with Gasteiger partial charge in [-0.1, -0.05) is 257 Å². The Morgan fingerprint density at radius 1 is 0.388 bits per heavy atom. The van der Waals surface area contributed by atoms with Crippen LogP contribution in [0.25, 0.3) is 0 Å². The summed E-state index contributed by atoms with van der Waals surface area (Å²) >= 11 is 0. The Kier molecular flexibility index (Phi) is 56.9. The Labute approximate surface area is 491 Å². The number of ether oxygens (including phenoxy) is 2. The van der Waals surface area contributed by atoms with E-state index in [9.17, 15) is 19.0 Å². The molecule has 2 unspecified atom stereocenters. The largest absolute Gasteiger partial charge is 0.472 e. The minimum absolute atomic E-state index is 0.0224. The molecule has 2 atom stereocenters. The summed E-state index contributed by atoms with van der Waals surface area (Å²) in [6.45, 7) is 4.18. The van der Waals surface area contributed by atoms with E-state index in [1.807, 2.05) is 21.1 Å². The van der Waals surface area contributed by atoms with Crippen LogP contribution < -0.4 is 0 Å². The normalized spacial score (nSPS) is 14.1. The smallest absolute Gasteiger partial charge is 0.462 e. The fourth-order valence-electron chi connectivity index (χ4n) is 8.34. The molecule has 9 nitrogen and oxygen atoms in total. The van der Waals surface area contributed by atoms with Gasteiger partial charge >= 0.3 is 19.8 Å². The summed E-state index contributed by atoms with van der Waals surface area (Å²) in [6, 6.07) is 0. The van der Waals surface area contributed by atoms with Crippen LogP contribution in [0.1, 0.15) is 245 Å². The van der Waals surface area contributed by atoms with E-state index in [1.165, 1.54) is 83.5 Å². The number of likely N-dealkylation sites (N-methyl/N-ethyl adjacent to an activating group) is 1. The average Bonchev–Trinajstić information content (AvgIpc) is 3.42. The number of phosphoric ester groups is 1. The summed E-state index contributed by atoms with van der Waals surface area (Å²) in [4.78, 5) is 35.8. The zero-order valence-electron chi connectivity index (χ0n) is 51.8. The summed E-state index contributed by atoms with van der Waals surface area (Å²) in [7, 11) is 1.45. The van der Waals surface area contributed by atoms with Crippen molar-refractivity contribution in [1.29, 1.82) is 0 Å².